The van der Waals surface area contributed by atoms with E-state index in [9.17, 15) is 13.0 Å². The highest BCUT2D eigenvalue weighted by atomic mass is 32.2. The van der Waals surface area contributed by atoms with Gasteiger partial charge in [0.25, 0.3) is 5.52 Å². The maximum Gasteiger partial charge on any atom is 0.350 e. The fourth-order valence-corrected chi connectivity index (χ4v) is 1.89. The minimum atomic E-state index is -4.22. The van der Waals surface area contributed by atoms with Crippen LogP contribution in [0.4, 0.5) is 0 Å². The van der Waals surface area contributed by atoms with E-state index in [1.165, 1.54) is 12.3 Å². The Bertz CT molecular complexity index is 670. The van der Waals surface area contributed by atoms with Crippen molar-refractivity contribution in [2.75, 3.05) is 5.75 Å². The number of hydrogen-bond acceptors (Lipinski definition) is 4. The Labute approximate surface area is 98.7 Å². The maximum atomic E-state index is 10.5. The van der Waals surface area contributed by atoms with Crippen molar-refractivity contribution in [1.29, 1.82) is 0 Å². The number of rotatable bonds is 3. The van der Waals surface area contributed by atoms with Gasteiger partial charge < -0.3 is 8.97 Å². The van der Waals surface area contributed by atoms with Gasteiger partial charge in [-0.25, -0.2) is 8.42 Å². The highest BCUT2D eigenvalue weighted by Gasteiger charge is 2.15. The summed E-state index contributed by atoms with van der Waals surface area (Å²) in [4.78, 5) is 0. The van der Waals surface area contributed by atoms with Gasteiger partial charge in [-0.2, -0.15) is 0 Å². The molecule has 1 aromatic heterocycles. The number of aryl methyl sites for hydroxylation is 1. The molecule has 2 aromatic rings. The first kappa shape index (κ1) is 11.8. The number of benzene rings is 1. The van der Waals surface area contributed by atoms with E-state index in [1.807, 2.05) is 24.3 Å². The molecule has 1 heterocycles. The van der Waals surface area contributed by atoms with Gasteiger partial charge in [-0.1, -0.05) is 12.1 Å². The van der Waals surface area contributed by atoms with Gasteiger partial charge in [-0.3, -0.25) is 0 Å². The van der Waals surface area contributed by atoms with Crippen molar-refractivity contribution in [1.82, 2.24) is 0 Å². The lowest BCUT2D eigenvalue weighted by Gasteiger charge is -1.99. The summed E-state index contributed by atoms with van der Waals surface area (Å²) in [5.74, 6) is 0.0876. The van der Waals surface area contributed by atoms with Gasteiger partial charge in [0.2, 0.25) is 5.58 Å². The number of aromatic nitrogens is 1. The van der Waals surface area contributed by atoms with Crippen LogP contribution in [-0.4, -0.2) is 18.7 Å². The first-order valence-electron chi connectivity index (χ1n) is 4.97. The molecule has 0 saturated carbocycles. The molecule has 2 rings (SSSR count). The molecular formula is C11H11NO4S. The molecule has 0 saturated heterocycles. The van der Waals surface area contributed by atoms with Gasteiger partial charge in [0.15, 0.2) is 6.20 Å². The number of hydrogen-bond donors (Lipinski definition) is 0. The van der Waals surface area contributed by atoms with Crippen LogP contribution in [0.3, 0.4) is 0 Å². The van der Waals surface area contributed by atoms with Crippen molar-refractivity contribution < 1.29 is 22.0 Å². The number of nitrogens with zero attached hydrogens (tertiary/aromatic N) is 1. The van der Waals surface area contributed by atoms with Gasteiger partial charge in [0, 0.05) is 6.07 Å². The number of para-hydroxylation sites is 2. The van der Waals surface area contributed by atoms with E-state index in [-0.39, 0.29) is 0 Å². The summed E-state index contributed by atoms with van der Waals surface area (Å²) in [5, 5.41) is 0. The quantitative estimate of drug-likeness (QED) is 0.605. The van der Waals surface area contributed by atoms with Crippen molar-refractivity contribution in [3.63, 3.8) is 0 Å². The van der Waals surface area contributed by atoms with Gasteiger partial charge in [-0.15, -0.1) is 4.57 Å². The van der Waals surface area contributed by atoms with Gasteiger partial charge >= 0.3 is 5.89 Å². The van der Waals surface area contributed by atoms with Gasteiger partial charge in [0.05, 0.1) is 22.8 Å². The molecule has 1 aromatic carbocycles. The molecule has 0 atom stereocenters. The molecule has 0 aliphatic heterocycles. The third-order valence-electron chi connectivity index (χ3n) is 2.28. The van der Waals surface area contributed by atoms with E-state index in [1.54, 1.807) is 11.5 Å². The van der Waals surface area contributed by atoms with E-state index in [2.05, 4.69) is 0 Å². The second kappa shape index (κ2) is 4.31. The molecule has 0 amide bonds. The molecule has 0 fully saturated rings. The van der Waals surface area contributed by atoms with Gasteiger partial charge in [0.1, 0.15) is 0 Å². The third kappa shape index (κ3) is 2.72. The van der Waals surface area contributed by atoms with E-state index in [0.29, 0.717) is 11.5 Å². The molecule has 0 N–H and O–H groups in total. The summed E-state index contributed by atoms with van der Waals surface area (Å²) < 4.78 is 38.6. The van der Waals surface area contributed by atoms with E-state index in [0.717, 1.165) is 5.52 Å². The zero-order valence-electron chi connectivity index (χ0n) is 9.16. The summed E-state index contributed by atoms with van der Waals surface area (Å²) in [7, 11) is -4.22. The first-order chi connectivity index (χ1) is 7.97. The second-order valence-electron chi connectivity index (χ2n) is 3.57. The Kier molecular flexibility index (Phi) is 2.99. The standard InChI is InChI=1S/C11H11NO4S/c1-9-12(7-4-8-17(13,14)15)10-5-2-3-6-11(10)16-9/h2-7H,8H2,1H3. The fraction of sp³-hybridized carbons (Fsp3) is 0.182. The highest BCUT2D eigenvalue weighted by molar-refractivity contribution is 7.85. The summed E-state index contributed by atoms with van der Waals surface area (Å²) in [6.45, 7) is 1.76. The van der Waals surface area contributed by atoms with E-state index >= 15 is 0 Å². The monoisotopic (exact) mass is 253 g/mol. The average Bonchev–Trinajstić information content (AvgIpc) is 2.54. The topological polar surface area (TPSA) is 74.2 Å². The van der Waals surface area contributed by atoms with Crippen LogP contribution in [0.15, 0.2) is 34.8 Å². The minimum absolute atomic E-state index is 0.529. The van der Waals surface area contributed by atoms with Crippen LogP contribution in [0.1, 0.15) is 5.89 Å². The first-order valence-corrected chi connectivity index (χ1v) is 6.55. The fourth-order valence-electron chi connectivity index (χ4n) is 1.57. The second-order valence-corrected chi connectivity index (χ2v) is 5.02. The van der Waals surface area contributed by atoms with Crippen molar-refractivity contribution in [2.45, 2.75) is 6.92 Å². The van der Waals surface area contributed by atoms with E-state index in [4.69, 9.17) is 4.42 Å². The summed E-state index contributed by atoms with van der Waals surface area (Å²) >= 11 is 0. The molecule has 0 unspecified atom stereocenters. The molecule has 0 bridgehead atoms. The third-order valence-corrected chi connectivity index (χ3v) is 2.88. The Morgan fingerprint density at radius 2 is 2.12 bits per heavy atom. The van der Waals surface area contributed by atoms with Crippen molar-refractivity contribution in [2.24, 2.45) is 0 Å². The van der Waals surface area contributed by atoms with E-state index < -0.39 is 15.9 Å². The molecule has 6 heteroatoms. The number of fused-ring (bicyclic) bond motifs is 1. The summed E-state index contributed by atoms with van der Waals surface area (Å²) in [6, 6.07) is 7.37. The lowest BCUT2D eigenvalue weighted by molar-refractivity contribution is -0.553. The summed E-state index contributed by atoms with van der Waals surface area (Å²) in [5.41, 5.74) is 1.53. The Hall–Kier alpha value is -1.66. The molecular weight excluding hydrogens is 242 g/mol. The predicted octanol–water partition coefficient (Wildman–Crippen LogP) is 1.04. The minimum Gasteiger partial charge on any atom is -0.748 e. The van der Waals surface area contributed by atoms with Crippen molar-refractivity contribution in [3.8, 4) is 0 Å². The molecule has 0 radical (unpaired) electrons. The predicted molar refractivity (Wildman–Crippen MR) is 61.0 cm³/mol. The van der Waals surface area contributed by atoms with Crippen LogP contribution in [0.25, 0.3) is 17.3 Å². The van der Waals surface area contributed by atoms with Gasteiger partial charge in [-0.05, 0) is 12.1 Å². The lowest BCUT2D eigenvalue weighted by Crippen LogP contribution is -2.27. The van der Waals surface area contributed by atoms with Crippen molar-refractivity contribution >= 4 is 27.4 Å². The molecule has 0 aliphatic rings. The Morgan fingerprint density at radius 1 is 1.41 bits per heavy atom. The smallest absolute Gasteiger partial charge is 0.350 e. The zero-order chi connectivity index (χ0) is 12.5. The SMILES string of the molecule is Cc1oc2ccccc2[n+]1C=CCS(=O)(=O)[O-]. The largest absolute Gasteiger partial charge is 0.748 e. The molecule has 0 aliphatic carbocycles. The van der Waals surface area contributed by atoms with Crippen LogP contribution < -0.4 is 4.57 Å². The van der Waals surface area contributed by atoms with Crippen LogP contribution >= 0.6 is 0 Å². The average molecular weight is 253 g/mol. The molecule has 90 valence electrons. The normalized spacial score (nSPS) is 12.6. The molecule has 17 heavy (non-hydrogen) atoms. The summed E-state index contributed by atoms with van der Waals surface area (Å²) in [6.07, 6.45) is 2.83. The van der Waals surface area contributed by atoms with Crippen LogP contribution in [0.2, 0.25) is 0 Å². The lowest BCUT2D eigenvalue weighted by atomic mass is 10.3. The van der Waals surface area contributed by atoms with Crippen LogP contribution in [0.5, 0.6) is 0 Å². The Balaban J connectivity index is 2.39. The van der Waals surface area contributed by atoms with Crippen molar-refractivity contribution in [3.05, 3.63) is 36.2 Å². The molecule has 0 spiro atoms. The number of oxazole rings is 1. The highest BCUT2D eigenvalue weighted by Crippen LogP contribution is 2.12. The Morgan fingerprint density at radius 3 is 2.82 bits per heavy atom. The maximum absolute atomic E-state index is 10.5. The van der Waals surface area contributed by atoms with Crippen LogP contribution in [-0.2, 0) is 10.1 Å². The zero-order valence-corrected chi connectivity index (χ0v) is 9.98. The van der Waals surface area contributed by atoms with Crippen LogP contribution in [0, 0.1) is 6.92 Å². The molecule has 5 nitrogen and oxygen atoms in total.